The molecule has 4 nitrogen and oxygen atoms in total. The van der Waals surface area contributed by atoms with Crippen LogP contribution in [0.3, 0.4) is 0 Å². The average Bonchev–Trinajstić information content (AvgIpc) is 2.63. The minimum atomic E-state index is 0.415. The van der Waals surface area contributed by atoms with Crippen molar-refractivity contribution in [1.29, 1.82) is 0 Å². The van der Waals surface area contributed by atoms with Crippen LogP contribution in [0.4, 0.5) is 0 Å². The van der Waals surface area contributed by atoms with Gasteiger partial charge in [0.2, 0.25) is 0 Å². The minimum absolute atomic E-state index is 0.415. The number of aromatic nitrogens is 2. The SMILES string of the molecule is CNC(Cc1c(C)nn(C)c1Cl)C1CSCCN1C. The number of halogens is 1. The molecule has 0 bridgehead atoms. The van der Waals surface area contributed by atoms with Crippen molar-refractivity contribution in [3.8, 4) is 0 Å². The Kier molecular flexibility index (Phi) is 5.17. The summed E-state index contributed by atoms with van der Waals surface area (Å²) in [6, 6.07) is 0.970. The summed E-state index contributed by atoms with van der Waals surface area (Å²) in [5.41, 5.74) is 2.21. The molecule has 0 amide bonds. The van der Waals surface area contributed by atoms with Gasteiger partial charge in [-0.05, 0) is 27.4 Å². The molecule has 2 rings (SSSR count). The second kappa shape index (κ2) is 6.48. The molecule has 0 aliphatic carbocycles. The van der Waals surface area contributed by atoms with E-state index in [9.17, 15) is 0 Å². The fraction of sp³-hybridized carbons (Fsp3) is 0.769. The number of rotatable bonds is 4. The smallest absolute Gasteiger partial charge is 0.130 e. The van der Waals surface area contributed by atoms with Gasteiger partial charge < -0.3 is 10.2 Å². The van der Waals surface area contributed by atoms with Crippen LogP contribution in [-0.2, 0) is 13.5 Å². The lowest BCUT2D eigenvalue weighted by Gasteiger charge is -2.37. The second-order valence-electron chi connectivity index (χ2n) is 5.20. The van der Waals surface area contributed by atoms with Gasteiger partial charge >= 0.3 is 0 Å². The largest absolute Gasteiger partial charge is 0.315 e. The highest BCUT2D eigenvalue weighted by atomic mass is 35.5. The maximum absolute atomic E-state index is 6.34. The molecule has 1 N–H and O–H groups in total. The Hall–Kier alpha value is -0.230. The first kappa shape index (κ1) is 15.2. The Morgan fingerprint density at radius 2 is 2.26 bits per heavy atom. The van der Waals surface area contributed by atoms with Crippen molar-refractivity contribution in [1.82, 2.24) is 20.0 Å². The molecule has 2 unspecified atom stereocenters. The Bertz CT molecular complexity index is 435. The Balaban J connectivity index is 2.14. The summed E-state index contributed by atoms with van der Waals surface area (Å²) in [7, 11) is 6.15. The number of nitrogens with zero attached hydrogens (tertiary/aromatic N) is 3. The van der Waals surface area contributed by atoms with Crippen LogP contribution in [0.2, 0.25) is 5.15 Å². The van der Waals surface area contributed by atoms with Gasteiger partial charge in [0, 0.05) is 42.7 Å². The molecule has 1 saturated heterocycles. The highest BCUT2D eigenvalue weighted by Crippen LogP contribution is 2.24. The van der Waals surface area contributed by atoms with Crippen LogP contribution in [0.5, 0.6) is 0 Å². The third kappa shape index (κ3) is 3.27. The fourth-order valence-corrected chi connectivity index (χ4v) is 4.25. The van der Waals surface area contributed by atoms with Crippen LogP contribution in [0.25, 0.3) is 0 Å². The lowest BCUT2D eigenvalue weighted by Crippen LogP contribution is -2.52. The number of hydrogen-bond acceptors (Lipinski definition) is 4. The summed E-state index contributed by atoms with van der Waals surface area (Å²) in [5.74, 6) is 2.41. The van der Waals surface area contributed by atoms with E-state index >= 15 is 0 Å². The maximum atomic E-state index is 6.34. The second-order valence-corrected chi connectivity index (χ2v) is 6.71. The molecule has 108 valence electrons. The van der Waals surface area contributed by atoms with E-state index in [-0.39, 0.29) is 0 Å². The highest BCUT2D eigenvalue weighted by molar-refractivity contribution is 7.99. The van der Waals surface area contributed by atoms with Gasteiger partial charge in [0.25, 0.3) is 0 Å². The van der Waals surface area contributed by atoms with Crippen molar-refractivity contribution >= 4 is 23.4 Å². The van der Waals surface area contributed by atoms with E-state index in [1.54, 1.807) is 4.68 Å². The summed E-state index contributed by atoms with van der Waals surface area (Å²) in [6.07, 6.45) is 0.935. The van der Waals surface area contributed by atoms with Gasteiger partial charge in [-0.15, -0.1) is 0 Å². The zero-order valence-corrected chi connectivity index (χ0v) is 13.7. The molecule has 0 radical (unpaired) electrons. The third-order valence-electron chi connectivity index (χ3n) is 3.97. The fourth-order valence-electron chi connectivity index (χ4n) is 2.69. The van der Waals surface area contributed by atoms with Gasteiger partial charge in [0.05, 0.1) is 5.69 Å². The van der Waals surface area contributed by atoms with E-state index in [2.05, 4.69) is 22.4 Å². The van der Waals surface area contributed by atoms with Crippen LogP contribution in [0.1, 0.15) is 11.3 Å². The van der Waals surface area contributed by atoms with Crippen LogP contribution in [0.15, 0.2) is 0 Å². The third-order valence-corrected chi connectivity index (χ3v) is 5.49. The highest BCUT2D eigenvalue weighted by Gasteiger charge is 2.28. The monoisotopic (exact) mass is 302 g/mol. The molecular weight excluding hydrogens is 280 g/mol. The number of aryl methyl sites for hydroxylation is 2. The van der Waals surface area contributed by atoms with E-state index in [0.717, 1.165) is 23.8 Å². The van der Waals surface area contributed by atoms with Crippen molar-refractivity contribution in [2.75, 3.05) is 32.1 Å². The molecule has 2 atom stereocenters. The number of hydrogen-bond donors (Lipinski definition) is 1. The van der Waals surface area contributed by atoms with Gasteiger partial charge in [-0.1, -0.05) is 11.6 Å². The zero-order chi connectivity index (χ0) is 14.0. The predicted molar refractivity (Wildman–Crippen MR) is 83.2 cm³/mol. The van der Waals surface area contributed by atoms with Crippen LogP contribution >= 0.6 is 23.4 Å². The first-order valence-electron chi connectivity index (χ1n) is 6.67. The van der Waals surface area contributed by atoms with Gasteiger partial charge in [0.1, 0.15) is 5.15 Å². The molecule has 1 fully saturated rings. The minimum Gasteiger partial charge on any atom is -0.315 e. The normalized spacial score (nSPS) is 22.7. The van der Waals surface area contributed by atoms with Crippen molar-refractivity contribution in [2.24, 2.45) is 7.05 Å². The van der Waals surface area contributed by atoms with Crippen molar-refractivity contribution < 1.29 is 0 Å². The predicted octanol–water partition coefficient (Wildman–Crippen LogP) is 1.56. The lowest BCUT2D eigenvalue weighted by atomic mass is 10.00. The molecule has 1 aliphatic heterocycles. The number of thioether (sulfide) groups is 1. The molecule has 2 heterocycles. The van der Waals surface area contributed by atoms with Crippen LogP contribution < -0.4 is 5.32 Å². The quantitative estimate of drug-likeness (QED) is 0.915. The Morgan fingerprint density at radius 1 is 1.53 bits per heavy atom. The van der Waals surface area contributed by atoms with Crippen molar-refractivity contribution in [3.05, 3.63) is 16.4 Å². The maximum Gasteiger partial charge on any atom is 0.130 e. The first-order chi connectivity index (χ1) is 9.04. The summed E-state index contributed by atoms with van der Waals surface area (Å²) >= 11 is 8.38. The molecule has 1 aliphatic rings. The van der Waals surface area contributed by atoms with Crippen molar-refractivity contribution in [3.63, 3.8) is 0 Å². The van der Waals surface area contributed by atoms with Gasteiger partial charge in [-0.25, -0.2) is 0 Å². The summed E-state index contributed by atoms with van der Waals surface area (Å²) in [5, 5.41) is 8.63. The van der Waals surface area contributed by atoms with Gasteiger partial charge in [0.15, 0.2) is 0 Å². The Labute approximate surface area is 124 Å². The van der Waals surface area contributed by atoms with Gasteiger partial charge in [-0.2, -0.15) is 16.9 Å². The van der Waals surface area contributed by atoms with Crippen LogP contribution in [-0.4, -0.2) is 58.9 Å². The summed E-state index contributed by atoms with van der Waals surface area (Å²) in [6.45, 7) is 3.19. The molecule has 0 spiro atoms. The summed E-state index contributed by atoms with van der Waals surface area (Å²) < 4.78 is 1.76. The first-order valence-corrected chi connectivity index (χ1v) is 8.21. The van der Waals surface area contributed by atoms with Crippen LogP contribution in [0, 0.1) is 6.92 Å². The molecule has 0 saturated carbocycles. The van der Waals surface area contributed by atoms with Crippen molar-refractivity contribution in [2.45, 2.75) is 25.4 Å². The standard InChI is InChI=1S/C13H23ClN4S/c1-9-10(13(14)18(4)16-9)7-11(15-2)12-8-19-6-5-17(12)3/h11-12,15H,5-8H2,1-4H3. The molecule has 6 heteroatoms. The molecule has 19 heavy (non-hydrogen) atoms. The number of likely N-dealkylation sites (N-methyl/N-ethyl adjacent to an activating group) is 2. The van der Waals surface area contributed by atoms with E-state index in [1.165, 1.54) is 17.1 Å². The lowest BCUT2D eigenvalue weighted by molar-refractivity contribution is 0.219. The molecular formula is C13H23ClN4S. The van der Waals surface area contributed by atoms with E-state index in [1.807, 2.05) is 32.8 Å². The molecule has 1 aromatic rings. The van der Waals surface area contributed by atoms with E-state index in [0.29, 0.717) is 12.1 Å². The van der Waals surface area contributed by atoms with Gasteiger partial charge in [-0.3, -0.25) is 4.68 Å². The zero-order valence-electron chi connectivity index (χ0n) is 12.1. The summed E-state index contributed by atoms with van der Waals surface area (Å²) in [4.78, 5) is 2.46. The molecule has 1 aromatic heterocycles. The number of nitrogens with one attached hydrogen (secondary N) is 1. The molecule has 0 aromatic carbocycles. The van der Waals surface area contributed by atoms with E-state index in [4.69, 9.17) is 11.6 Å². The Morgan fingerprint density at radius 3 is 2.79 bits per heavy atom. The average molecular weight is 303 g/mol. The topological polar surface area (TPSA) is 33.1 Å². The van der Waals surface area contributed by atoms with E-state index < -0.39 is 0 Å².